The molecule has 0 radical (unpaired) electrons. The lowest BCUT2D eigenvalue weighted by Crippen LogP contribution is -2.10. The van der Waals surface area contributed by atoms with Crippen molar-refractivity contribution in [3.63, 3.8) is 0 Å². The van der Waals surface area contributed by atoms with Crippen LogP contribution in [-0.4, -0.2) is 0 Å². The van der Waals surface area contributed by atoms with E-state index >= 15 is 0 Å². The lowest BCUT2D eigenvalue weighted by molar-refractivity contribution is 1.29. The summed E-state index contributed by atoms with van der Waals surface area (Å²) in [5.74, 6) is 0. The number of nitrogens with zero attached hydrogens (tertiary/aromatic N) is 1. The molecule has 7 rings (SSSR count). The van der Waals surface area contributed by atoms with Crippen molar-refractivity contribution in [1.82, 2.24) is 0 Å². The van der Waals surface area contributed by atoms with E-state index in [1.807, 2.05) is 11.3 Å². The topological polar surface area (TPSA) is 3.24 Å². The Kier molecular flexibility index (Phi) is 5.73. The molecule has 1 nitrogen and oxygen atoms in total. The van der Waals surface area contributed by atoms with E-state index < -0.39 is 0 Å². The maximum atomic E-state index is 2.37. The van der Waals surface area contributed by atoms with Gasteiger partial charge in [0.15, 0.2) is 0 Å². The zero-order valence-electron chi connectivity index (χ0n) is 20.8. The summed E-state index contributed by atoms with van der Waals surface area (Å²) in [5, 5.41) is 2.60. The van der Waals surface area contributed by atoms with Crippen LogP contribution in [0.3, 0.4) is 0 Å². The van der Waals surface area contributed by atoms with Crippen molar-refractivity contribution in [3.8, 4) is 22.3 Å². The average Bonchev–Trinajstić information content (AvgIpc) is 3.37. The van der Waals surface area contributed by atoms with Crippen LogP contribution in [0.15, 0.2) is 152 Å². The second-order valence-corrected chi connectivity index (χ2v) is 10.5. The van der Waals surface area contributed by atoms with Gasteiger partial charge >= 0.3 is 0 Å². The summed E-state index contributed by atoms with van der Waals surface area (Å²) in [5.41, 5.74) is 8.36. The molecule has 0 fully saturated rings. The molecule has 0 aliphatic rings. The van der Waals surface area contributed by atoms with Crippen LogP contribution in [0.5, 0.6) is 0 Å². The molecule has 0 aliphatic carbocycles. The minimum absolute atomic E-state index is 1.13. The van der Waals surface area contributed by atoms with Gasteiger partial charge in [-0.05, 0) is 59.2 Å². The summed E-state index contributed by atoms with van der Waals surface area (Å²) in [7, 11) is 0. The number of benzene rings is 6. The normalized spacial score (nSPS) is 11.2. The standard InChI is InChI=1S/C36H25NS/c1-4-12-26(13-5-1)27-20-22-30(23-21-27)37(29-16-8-3-9-17-29)31-24-33(28-14-6-2-7-15-28)36-34(25-31)32-18-10-11-19-35(32)38-36/h1-25H. The molecule has 0 aliphatic heterocycles. The number of hydrogen-bond donors (Lipinski definition) is 0. The van der Waals surface area contributed by atoms with Gasteiger partial charge in [-0.3, -0.25) is 0 Å². The first-order valence-corrected chi connectivity index (χ1v) is 13.7. The van der Waals surface area contributed by atoms with Crippen molar-refractivity contribution < 1.29 is 0 Å². The van der Waals surface area contributed by atoms with E-state index in [0.29, 0.717) is 0 Å². The van der Waals surface area contributed by atoms with Crippen molar-refractivity contribution in [2.24, 2.45) is 0 Å². The van der Waals surface area contributed by atoms with E-state index in [9.17, 15) is 0 Å². The van der Waals surface area contributed by atoms with E-state index in [0.717, 1.165) is 17.1 Å². The van der Waals surface area contributed by atoms with Gasteiger partial charge in [-0.1, -0.05) is 109 Å². The molecule has 0 unspecified atom stereocenters. The van der Waals surface area contributed by atoms with Crippen LogP contribution in [0.4, 0.5) is 17.1 Å². The maximum absolute atomic E-state index is 2.37. The van der Waals surface area contributed by atoms with Gasteiger partial charge in [0.1, 0.15) is 0 Å². The van der Waals surface area contributed by atoms with E-state index in [2.05, 4.69) is 157 Å². The van der Waals surface area contributed by atoms with E-state index in [4.69, 9.17) is 0 Å². The van der Waals surface area contributed by atoms with Crippen LogP contribution in [0, 0.1) is 0 Å². The highest BCUT2D eigenvalue weighted by atomic mass is 32.1. The lowest BCUT2D eigenvalue weighted by Gasteiger charge is -2.26. The smallest absolute Gasteiger partial charge is 0.0475 e. The largest absolute Gasteiger partial charge is 0.310 e. The molecule has 2 heteroatoms. The summed E-state index contributed by atoms with van der Waals surface area (Å²) >= 11 is 1.88. The molecule has 0 atom stereocenters. The third-order valence-corrected chi connectivity index (χ3v) is 8.27. The molecular weight excluding hydrogens is 478 g/mol. The summed E-state index contributed by atoms with van der Waals surface area (Å²) in [6.07, 6.45) is 0. The highest BCUT2D eigenvalue weighted by molar-refractivity contribution is 7.26. The number of anilines is 3. The van der Waals surface area contributed by atoms with E-state index in [-0.39, 0.29) is 0 Å². The molecule has 0 saturated carbocycles. The molecule has 38 heavy (non-hydrogen) atoms. The van der Waals surface area contributed by atoms with Crippen LogP contribution in [0.1, 0.15) is 0 Å². The third-order valence-electron chi connectivity index (χ3n) is 7.05. The van der Waals surface area contributed by atoms with E-state index in [1.165, 1.54) is 42.4 Å². The molecule has 0 saturated heterocycles. The fraction of sp³-hybridized carbons (Fsp3) is 0. The van der Waals surface area contributed by atoms with Crippen molar-refractivity contribution in [2.75, 3.05) is 4.90 Å². The van der Waals surface area contributed by atoms with Gasteiger partial charge in [-0.25, -0.2) is 0 Å². The third kappa shape index (κ3) is 4.06. The fourth-order valence-electron chi connectivity index (χ4n) is 5.23. The Balaban J connectivity index is 1.46. The first kappa shape index (κ1) is 22.5. The number of para-hydroxylation sites is 1. The molecule has 1 heterocycles. The van der Waals surface area contributed by atoms with Gasteiger partial charge in [0.05, 0.1) is 0 Å². The van der Waals surface area contributed by atoms with Gasteiger partial charge in [-0.2, -0.15) is 0 Å². The Labute approximate surface area is 226 Å². The zero-order valence-corrected chi connectivity index (χ0v) is 21.6. The molecule has 1 aromatic heterocycles. The van der Waals surface area contributed by atoms with Crippen LogP contribution >= 0.6 is 11.3 Å². The van der Waals surface area contributed by atoms with Gasteiger partial charge in [-0.15, -0.1) is 11.3 Å². The highest BCUT2D eigenvalue weighted by Gasteiger charge is 2.18. The molecule has 0 amide bonds. The van der Waals surface area contributed by atoms with Gasteiger partial charge in [0.25, 0.3) is 0 Å². The van der Waals surface area contributed by atoms with Gasteiger partial charge in [0.2, 0.25) is 0 Å². The summed E-state index contributed by atoms with van der Waals surface area (Å²) in [6.45, 7) is 0. The Hall–Kier alpha value is -4.66. The second kappa shape index (κ2) is 9.66. The monoisotopic (exact) mass is 503 g/mol. The minimum Gasteiger partial charge on any atom is -0.310 e. The predicted octanol–water partition coefficient (Wildman–Crippen LogP) is 10.9. The number of hydrogen-bond acceptors (Lipinski definition) is 2. The lowest BCUT2D eigenvalue weighted by atomic mass is 10.0. The van der Waals surface area contributed by atoms with Gasteiger partial charge in [0, 0.05) is 42.8 Å². The van der Waals surface area contributed by atoms with Crippen LogP contribution in [0.25, 0.3) is 42.4 Å². The van der Waals surface area contributed by atoms with Crippen LogP contribution in [0.2, 0.25) is 0 Å². The molecule has 0 N–H and O–H groups in total. The van der Waals surface area contributed by atoms with Crippen molar-refractivity contribution >= 4 is 48.6 Å². The number of rotatable bonds is 5. The Morgan fingerprint density at radius 2 is 0.947 bits per heavy atom. The average molecular weight is 504 g/mol. The van der Waals surface area contributed by atoms with Crippen LogP contribution in [-0.2, 0) is 0 Å². The summed E-state index contributed by atoms with van der Waals surface area (Å²) < 4.78 is 2.64. The summed E-state index contributed by atoms with van der Waals surface area (Å²) in [4.78, 5) is 2.37. The first-order chi connectivity index (χ1) is 18.8. The quantitative estimate of drug-likeness (QED) is 0.226. The van der Waals surface area contributed by atoms with Crippen molar-refractivity contribution in [1.29, 1.82) is 0 Å². The van der Waals surface area contributed by atoms with Crippen molar-refractivity contribution in [2.45, 2.75) is 0 Å². The Morgan fingerprint density at radius 3 is 1.66 bits per heavy atom. The van der Waals surface area contributed by atoms with Gasteiger partial charge < -0.3 is 4.90 Å². The molecule has 6 aromatic carbocycles. The number of thiophene rings is 1. The minimum atomic E-state index is 1.13. The number of fused-ring (bicyclic) bond motifs is 3. The highest BCUT2D eigenvalue weighted by Crippen LogP contribution is 2.45. The molecule has 0 bridgehead atoms. The van der Waals surface area contributed by atoms with Crippen molar-refractivity contribution in [3.05, 3.63) is 152 Å². The SMILES string of the molecule is c1ccc(-c2ccc(N(c3ccccc3)c3cc(-c4ccccc4)c4sc5ccccc5c4c3)cc2)cc1. The van der Waals surface area contributed by atoms with E-state index in [1.54, 1.807) is 0 Å². The fourth-order valence-corrected chi connectivity index (χ4v) is 6.45. The van der Waals surface area contributed by atoms with Crippen LogP contribution < -0.4 is 4.90 Å². The zero-order chi connectivity index (χ0) is 25.3. The second-order valence-electron chi connectivity index (χ2n) is 9.42. The molecular formula is C36H25NS. The first-order valence-electron chi connectivity index (χ1n) is 12.9. The summed E-state index contributed by atoms with van der Waals surface area (Å²) in [6, 6.07) is 54.3. The molecule has 0 spiro atoms. The molecule has 7 aromatic rings. The molecule has 180 valence electrons. The Morgan fingerprint density at radius 1 is 0.395 bits per heavy atom. The Bertz CT molecular complexity index is 1840. The predicted molar refractivity (Wildman–Crippen MR) is 165 cm³/mol. The maximum Gasteiger partial charge on any atom is 0.0475 e.